The number of piperidine rings is 1. The summed E-state index contributed by atoms with van der Waals surface area (Å²) in [5.74, 6) is 1.78. The van der Waals surface area contributed by atoms with Crippen molar-refractivity contribution in [2.75, 3.05) is 26.2 Å². The van der Waals surface area contributed by atoms with E-state index < -0.39 is 0 Å². The van der Waals surface area contributed by atoms with E-state index in [1.807, 2.05) is 42.5 Å². The molecule has 0 aromatic heterocycles. The Kier molecular flexibility index (Phi) is 5.02. The lowest BCUT2D eigenvalue weighted by Gasteiger charge is -2.26. The van der Waals surface area contributed by atoms with Crippen molar-refractivity contribution in [1.29, 1.82) is 0 Å². The fraction of sp³-hybridized carbons (Fsp3) is 0.318. The number of para-hydroxylation sites is 1. The second-order valence-electron chi connectivity index (χ2n) is 6.76. The van der Waals surface area contributed by atoms with E-state index in [0.717, 1.165) is 17.9 Å². The number of hydrogen-bond acceptors (Lipinski definition) is 4. The second kappa shape index (κ2) is 7.75. The number of ether oxygens (including phenoxy) is 2. The topological polar surface area (TPSA) is 38.8 Å². The molecule has 4 nitrogen and oxygen atoms in total. The molecule has 0 amide bonds. The predicted molar refractivity (Wildman–Crippen MR) is 102 cm³/mol. The molecule has 2 aliphatic heterocycles. The van der Waals surface area contributed by atoms with Gasteiger partial charge in [-0.2, -0.15) is 0 Å². The molecule has 0 spiro atoms. The molecular weight excluding hydrogens is 326 g/mol. The summed E-state index contributed by atoms with van der Waals surface area (Å²) in [6.45, 7) is 4.06. The average molecular weight is 349 g/mol. The number of Topliss-reactive ketones (excluding diaryl/α,β-unsaturated/α-hetero) is 1. The zero-order valence-electron chi connectivity index (χ0n) is 14.8. The predicted octanol–water partition coefficient (Wildman–Crippen LogP) is 4.17. The van der Waals surface area contributed by atoms with Gasteiger partial charge in [-0.25, -0.2) is 0 Å². The Morgan fingerprint density at radius 3 is 2.54 bits per heavy atom. The van der Waals surface area contributed by atoms with E-state index in [-0.39, 0.29) is 5.78 Å². The van der Waals surface area contributed by atoms with E-state index in [9.17, 15) is 4.79 Å². The molecule has 0 radical (unpaired) electrons. The SMILES string of the molecule is O=C1/C(=C/c2ccc(OCCN3CCCCC3)cc2)Oc2ccccc21. The Bertz CT molecular complexity index is 804. The number of carbonyl (C=O) groups is 1. The molecule has 0 saturated carbocycles. The summed E-state index contributed by atoms with van der Waals surface area (Å²) in [6, 6.07) is 15.1. The zero-order valence-corrected chi connectivity index (χ0v) is 14.8. The first kappa shape index (κ1) is 16.9. The van der Waals surface area contributed by atoms with E-state index in [0.29, 0.717) is 23.7 Å². The van der Waals surface area contributed by atoms with Gasteiger partial charge in [0.15, 0.2) is 5.76 Å². The van der Waals surface area contributed by atoms with Crippen LogP contribution in [0.1, 0.15) is 35.2 Å². The molecule has 0 N–H and O–H groups in total. The summed E-state index contributed by atoms with van der Waals surface area (Å²) < 4.78 is 11.5. The minimum atomic E-state index is -0.0672. The van der Waals surface area contributed by atoms with Crippen LogP contribution in [0.2, 0.25) is 0 Å². The number of fused-ring (bicyclic) bond motifs is 1. The smallest absolute Gasteiger partial charge is 0.231 e. The summed E-state index contributed by atoms with van der Waals surface area (Å²) in [5.41, 5.74) is 1.54. The third-order valence-electron chi connectivity index (χ3n) is 4.88. The van der Waals surface area contributed by atoms with E-state index >= 15 is 0 Å². The van der Waals surface area contributed by atoms with E-state index in [1.54, 1.807) is 12.1 Å². The lowest BCUT2D eigenvalue weighted by Crippen LogP contribution is -2.33. The number of rotatable bonds is 5. The van der Waals surface area contributed by atoms with Crippen molar-refractivity contribution in [3.05, 3.63) is 65.4 Å². The highest BCUT2D eigenvalue weighted by molar-refractivity contribution is 6.14. The summed E-state index contributed by atoms with van der Waals surface area (Å²) in [4.78, 5) is 14.8. The van der Waals surface area contributed by atoms with Gasteiger partial charge in [0.2, 0.25) is 5.78 Å². The molecule has 0 unspecified atom stereocenters. The van der Waals surface area contributed by atoms with Gasteiger partial charge in [0.05, 0.1) is 5.56 Å². The minimum Gasteiger partial charge on any atom is -0.492 e. The number of carbonyl (C=O) groups excluding carboxylic acids is 1. The summed E-state index contributed by atoms with van der Waals surface area (Å²) in [5, 5.41) is 0. The molecule has 26 heavy (non-hydrogen) atoms. The van der Waals surface area contributed by atoms with E-state index in [1.165, 1.54) is 32.4 Å². The highest BCUT2D eigenvalue weighted by Crippen LogP contribution is 2.31. The fourth-order valence-electron chi connectivity index (χ4n) is 3.42. The van der Waals surface area contributed by atoms with Crippen molar-refractivity contribution in [1.82, 2.24) is 4.90 Å². The highest BCUT2D eigenvalue weighted by Gasteiger charge is 2.26. The standard InChI is InChI=1S/C22H23NO3/c24-22-19-6-2-3-7-20(19)26-21(22)16-17-8-10-18(11-9-17)25-15-14-23-12-4-1-5-13-23/h2-3,6-11,16H,1,4-5,12-15H2/b21-16-. The fourth-order valence-corrected chi connectivity index (χ4v) is 3.42. The molecular formula is C22H23NO3. The van der Waals surface area contributed by atoms with Crippen LogP contribution in [0.5, 0.6) is 11.5 Å². The van der Waals surface area contributed by atoms with Crippen LogP contribution in [0, 0.1) is 0 Å². The molecule has 0 aliphatic carbocycles. The first-order valence-corrected chi connectivity index (χ1v) is 9.28. The van der Waals surface area contributed by atoms with Gasteiger partial charge in [0.1, 0.15) is 18.1 Å². The third-order valence-corrected chi connectivity index (χ3v) is 4.88. The van der Waals surface area contributed by atoms with Crippen LogP contribution in [-0.2, 0) is 0 Å². The summed E-state index contributed by atoms with van der Waals surface area (Å²) in [6.07, 6.45) is 5.73. The van der Waals surface area contributed by atoms with Gasteiger partial charge in [-0.1, -0.05) is 30.7 Å². The molecule has 4 heteroatoms. The van der Waals surface area contributed by atoms with Gasteiger partial charge < -0.3 is 9.47 Å². The van der Waals surface area contributed by atoms with Crippen LogP contribution in [0.25, 0.3) is 6.08 Å². The lowest BCUT2D eigenvalue weighted by molar-refractivity contribution is 0.101. The molecule has 0 atom stereocenters. The maximum Gasteiger partial charge on any atom is 0.231 e. The molecule has 2 aromatic rings. The normalized spacial score (nSPS) is 18.6. The summed E-state index contributed by atoms with van der Waals surface area (Å²) >= 11 is 0. The van der Waals surface area contributed by atoms with Crippen molar-refractivity contribution in [2.45, 2.75) is 19.3 Å². The van der Waals surface area contributed by atoms with Gasteiger partial charge in [-0.15, -0.1) is 0 Å². The average Bonchev–Trinajstić information content (AvgIpc) is 3.00. The number of ketones is 1. The maximum absolute atomic E-state index is 12.3. The molecule has 1 saturated heterocycles. The van der Waals surface area contributed by atoms with E-state index in [2.05, 4.69) is 4.90 Å². The van der Waals surface area contributed by atoms with Crippen molar-refractivity contribution in [2.24, 2.45) is 0 Å². The van der Waals surface area contributed by atoms with Crippen LogP contribution in [0.15, 0.2) is 54.3 Å². The van der Waals surface area contributed by atoms with Crippen molar-refractivity contribution < 1.29 is 14.3 Å². The van der Waals surface area contributed by atoms with Crippen molar-refractivity contribution in [3.8, 4) is 11.5 Å². The Morgan fingerprint density at radius 2 is 1.77 bits per heavy atom. The number of allylic oxidation sites excluding steroid dienone is 1. The van der Waals surface area contributed by atoms with Crippen LogP contribution in [0.4, 0.5) is 0 Å². The molecule has 1 fully saturated rings. The van der Waals surface area contributed by atoms with E-state index in [4.69, 9.17) is 9.47 Å². The van der Waals surface area contributed by atoms with Gasteiger partial charge in [0, 0.05) is 6.54 Å². The van der Waals surface area contributed by atoms with Gasteiger partial charge >= 0.3 is 0 Å². The van der Waals surface area contributed by atoms with Crippen LogP contribution in [-0.4, -0.2) is 36.9 Å². The molecule has 134 valence electrons. The largest absolute Gasteiger partial charge is 0.492 e. The van der Waals surface area contributed by atoms with Crippen LogP contribution >= 0.6 is 0 Å². The van der Waals surface area contributed by atoms with Crippen LogP contribution < -0.4 is 9.47 Å². The first-order valence-electron chi connectivity index (χ1n) is 9.28. The molecule has 2 aromatic carbocycles. The van der Waals surface area contributed by atoms with Gasteiger partial charge in [-0.3, -0.25) is 9.69 Å². The zero-order chi connectivity index (χ0) is 17.8. The quantitative estimate of drug-likeness (QED) is 0.760. The highest BCUT2D eigenvalue weighted by atomic mass is 16.5. The first-order chi connectivity index (χ1) is 12.8. The number of benzene rings is 2. The Morgan fingerprint density at radius 1 is 1.00 bits per heavy atom. The van der Waals surface area contributed by atoms with Crippen LogP contribution in [0.3, 0.4) is 0 Å². The number of hydrogen-bond donors (Lipinski definition) is 0. The molecule has 4 rings (SSSR count). The van der Waals surface area contributed by atoms with Crippen molar-refractivity contribution >= 4 is 11.9 Å². The number of likely N-dealkylation sites (tertiary alicyclic amines) is 1. The third kappa shape index (κ3) is 3.81. The van der Waals surface area contributed by atoms with Crippen molar-refractivity contribution in [3.63, 3.8) is 0 Å². The Balaban J connectivity index is 1.34. The van der Waals surface area contributed by atoms with Gasteiger partial charge in [-0.05, 0) is 61.8 Å². The second-order valence-corrected chi connectivity index (χ2v) is 6.76. The number of nitrogens with zero attached hydrogens (tertiary/aromatic N) is 1. The minimum absolute atomic E-state index is 0.0672. The molecule has 0 bridgehead atoms. The molecule has 2 heterocycles. The monoisotopic (exact) mass is 349 g/mol. The Labute approximate surface area is 154 Å². The lowest BCUT2D eigenvalue weighted by atomic mass is 10.1. The Hall–Kier alpha value is -2.59. The summed E-state index contributed by atoms with van der Waals surface area (Å²) in [7, 11) is 0. The molecule has 2 aliphatic rings. The van der Waals surface area contributed by atoms with Gasteiger partial charge in [0.25, 0.3) is 0 Å². The maximum atomic E-state index is 12.3.